The molecule has 178 valence electrons. The number of methoxy groups -OCH3 is 4. The van der Waals surface area contributed by atoms with Gasteiger partial charge in [0.1, 0.15) is 17.5 Å². The molecule has 33 heavy (non-hydrogen) atoms. The number of ether oxygens (including phenoxy) is 6. The summed E-state index contributed by atoms with van der Waals surface area (Å²) in [4.78, 5) is 5.81. The van der Waals surface area contributed by atoms with Crippen LogP contribution < -0.4 is 14.2 Å². The highest BCUT2D eigenvalue weighted by Crippen LogP contribution is 2.46. The van der Waals surface area contributed by atoms with Crippen LogP contribution in [0.3, 0.4) is 0 Å². The van der Waals surface area contributed by atoms with Gasteiger partial charge in [0.25, 0.3) is 0 Å². The zero-order valence-electron chi connectivity index (χ0n) is 19.2. The molecule has 0 bridgehead atoms. The van der Waals surface area contributed by atoms with Crippen LogP contribution in [-0.4, -0.2) is 51.6 Å². The second-order valence-electron chi connectivity index (χ2n) is 6.77. The smallest absolute Gasteiger partial charge is 0.203 e. The molecule has 0 aliphatic carbocycles. The summed E-state index contributed by atoms with van der Waals surface area (Å²) >= 11 is 5.18. The molecule has 0 saturated heterocycles. The molecule has 1 aromatic heterocycles. The molecule has 3 aromatic rings. The van der Waals surface area contributed by atoms with Crippen molar-refractivity contribution in [1.82, 2.24) is 9.55 Å². The average molecular weight is 539 g/mol. The van der Waals surface area contributed by atoms with Gasteiger partial charge in [-0.15, -0.1) is 0 Å². The van der Waals surface area contributed by atoms with E-state index in [0.717, 1.165) is 15.7 Å². The summed E-state index contributed by atoms with van der Waals surface area (Å²) < 4.78 is 36.1. The van der Waals surface area contributed by atoms with Crippen molar-refractivity contribution in [2.75, 3.05) is 42.0 Å². The van der Waals surface area contributed by atoms with E-state index >= 15 is 0 Å². The fourth-order valence-corrected chi connectivity index (χ4v) is 4.90. The maximum absolute atomic E-state index is 6.14. The van der Waals surface area contributed by atoms with Gasteiger partial charge < -0.3 is 33.0 Å². The minimum absolute atomic E-state index is 0.0230. The first-order valence-electron chi connectivity index (χ1n) is 9.97. The van der Waals surface area contributed by atoms with Crippen LogP contribution in [0.4, 0.5) is 0 Å². The highest BCUT2D eigenvalue weighted by Gasteiger charge is 2.30. The van der Waals surface area contributed by atoms with Gasteiger partial charge in [0, 0.05) is 31.7 Å². The SMILES string of the molecule is COCOc1c(C(OCOC)c2c(Br)nc(Sc3ccccc3)n2C)ccc(OC)c1OC. The predicted octanol–water partition coefficient (Wildman–Crippen LogP) is 5.04. The third-order valence-corrected chi connectivity index (χ3v) is 6.38. The minimum atomic E-state index is -0.589. The summed E-state index contributed by atoms with van der Waals surface area (Å²) in [6.45, 7) is 0.0801. The Morgan fingerprint density at radius 3 is 2.30 bits per heavy atom. The van der Waals surface area contributed by atoms with E-state index in [2.05, 4.69) is 15.9 Å². The van der Waals surface area contributed by atoms with Crippen molar-refractivity contribution < 1.29 is 28.4 Å². The van der Waals surface area contributed by atoms with Crippen LogP contribution in [-0.2, 0) is 21.3 Å². The van der Waals surface area contributed by atoms with Gasteiger partial charge in [-0.1, -0.05) is 30.0 Å². The Hall–Kier alpha value is -2.24. The van der Waals surface area contributed by atoms with Crippen molar-refractivity contribution in [2.45, 2.75) is 16.2 Å². The lowest BCUT2D eigenvalue weighted by Crippen LogP contribution is -2.15. The maximum atomic E-state index is 6.14. The molecular formula is C23H27BrN2O6S. The summed E-state index contributed by atoms with van der Waals surface area (Å²) in [5.74, 6) is 1.42. The predicted molar refractivity (Wildman–Crippen MR) is 128 cm³/mol. The first-order chi connectivity index (χ1) is 16.0. The second-order valence-corrected chi connectivity index (χ2v) is 8.56. The molecular weight excluding hydrogens is 512 g/mol. The third kappa shape index (κ3) is 5.82. The lowest BCUT2D eigenvalue weighted by Gasteiger charge is -2.24. The minimum Gasteiger partial charge on any atom is -0.493 e. The highest BCUT2D eigenvalue weighted by atomic mass is 79.9. The Bertz CT molecular complexity index is 1050. The fourth-order valence-electron chi connectivity index (χ4n) is 3.27. The molecule has 8 nitrogen and oxygen atoms in total. The van der Waals surface area contributed by atoms with E-state index in [4.69, 9.17) is 33.4 Å². The Labute approximate surface area is 206 Å². The zero-order chi connectivity index (χ0) is 23.8. The number of rotatable bonds is 12. The van der Waals surface area contributed by atoms with E-state index in [9.17, 15) is 0 Å². The summed E-state index contributed by atoms with van der Waals surface area (Å²) in [6.07, 6.45) is -0.589. The van der Waals surface area contributed by atoms with Crippen LogP contribution in [0.15, 0.2) is 57.1 Å². The van der Waals surface area contributed by atoms with Gasteiger partial charge in [0.2, 0.25) is 5.75 Å². The van der Waals surface area contributed by atoms with Crippen molar-refractivity contribution in [3.8, 4) is 17.2 Å². The van der Waals surface area contributed by atoms with Gasteiger partial charge in [0.05, 0.1) is 19.9 Å². The topological polar surface area (TPSA) is 73.2 Å². The number of halogens is 1. The zero-order valence-corrected chi connectivity index (χ0v) is 21.6. The van der Waals surface area contributed by atoms with Crippen LogP contribution >= 0.6 is 27.7 Å². The Morgan fingerprint density at radius 1 is 0.939 bits per heavy atom. The quantitative estimate of drug-likeness (QED) is 0.297. The second kappa shape index (κ2) is 12.3. The van der Waals surface area contributed by atoms with Crippen molar-refractivity contribution in [2.24, 2.45) is 7.05 Å². The number of hydrogen-bond acceptors (Lipinski definition) is 8. The van der Waals surface area contributed by atoms with Crippen LogP contribution in [0, 0.1) is 0 Å². The Morgan fingerprint density at radius 2 is 1.67 bits per heavy atom. The third-order valence-electron chi connectivity index (χ3n) is 4.74. The van der Waals surface area contributed by atoms with Crippen LogP contribution in [0.5, 0.6) is 17.2 Å². The highest BCUT2D eigenvalue weighted by molar-refractivity contribution is 9.10. The monoisotopic (exact) mass is 538 g/mol. The largest absolute Gasteiger partial charge is 0.493 e. The van der Waals surface area contributed by atoms with Gasteiger partial charge >= 0.3 is 0 Å². The van der Waals surface area contributed by atoms with Crippen LogP contribution in [0.25, 0.3) is 0 Å². The standard InChI is InChI=1S/C23H27BrN2O6S/c1-26-18(22(24)25-23(26)33-15-9-7-6-8-10-15)19(31-13-27-2)16-11-12-17(29-4)21(30-5)20(16)32-14-28-3/h6-12,19H,13-14H2,1-5H3. The molecule has 3 rings (SSSR count). The van der Waals surface area contributed by atoms with Crippen molar-refractivity contribution in [3.63, 3.8) is 0 Å². The number of aromatic nitrogens is 2. The van der Waals surface area contributed by atoms with Crippen LogP contribution in [0.2, 0.25) is 0 Å². The number of benzene rings is 2. The number of hydrogen-bond donors (Lipinski definition) is 0. The van der Waals surface area contributed by atoms with Crippen molar-refractivity contribution >= 4 is 27.7 Å². The number of imidazole rings is 1. The fraction of sp³-hybridized carbons (Fsp3) is 0.348. The van der Waals surface area contributed by atoms with Crippen molar-refractivity contribution in [3.05, 3.63) is 58.3 Å². The van der Waals surface area contributed by atoms with Gasteiger partial charge in [-0.2, -0.15) is 0 Å². The molecule has 0 fully saturated rings. The molecule has 1 atom stereocenters. The summed E-state index contributed by atoms with van der Waals surface area (Å²) in [5, 5.41) is 0.800. The van der Waals surface area contributed by atoms with E-state index < -0.39 is 6.10 Å². The van der Waals surface area contributed by atoms with Gasteiger partial charge in [-0.3, -0.25) is 0 Å². The normalized spacial score (nSPS) is 11.9. The average Bonchev–Trinajstić information content (AvgIpc) is 3.11. The van der Waals surface area contributed by atoms with Gasteiger partial charge in [-0.25, -0.2) is 4.98 Å². The number of nitrogens with zero attached hydrogens (tertiary/aromatic N) is 2. The van der Waals surface area contributed by atoms with E-state index in [-0.39, 0.29) is 13.6 Å². The molecule has 2 aromatic carbocycles. The molecule has 10 heteroatoms. The Balaban J connectivity index is 2.12. The molecule has 0 N–H and O–H groups in total. The lowest BCUT2D eigenvalue weighted by molar-refractivity contribution is -0.0628. The summed E-state index contributed by atoms with van der Waals surface area (Å²) in [6, 6.07) is 13.7. The van der Waals surface area contributed by atoms with Crippen molar-refractivity contribution in [1.29, 1.82) is 0 Å². The van der Waals surface area contributed by atoms with Gasteiger partial charge in [0.15, 0.2) is 23.4 Å². The molecule has 0 spiro atoms. The summed E-state index contributed by atoms with van der Waals surface area (Å²) in [5.41, 5.74) is 1.50. The molecule has 1 heterocycles. The summed E-state index contributed by atoms with van der Waals surface area (Å²) in [7, 11) is 8.19. The van der Waals surface area contributed by atoms with E-state index in [1.54, 1.807) is 46.3 Å². The lowest BCUT2D eigenvalue weighted by atomic mass is 10.0. The van der Waals surface area contributed by atoms with E-state index in [1.807, 2.05) is 48.0 Å². The molecule has 0 saturated carbocycles. The van der Waals surface area contributed by atoms with Gasteiger partial charge in [-0.05, 0) is 40.2 Å². The molecule has 0 aliphatic heterocycles. The molecule has 0 aliphatic rings. The van der Waals surface area contributed by atoms with E-state index in [1.165, 1.54) is 0 Å². The van der Waals surface area contributed by atoms with E-state index in [0.29, 0.717) is 27.4 Å². The Kier molecular flexibility index (Phi) is 9.45. The first kappa shape index (κ1) is 25.4. The molecule has 1 unspecified atom stereocenters. The first-order valence-corrected chi connectivity index (χ1v) is 11.6. The molecule has 0 radical (unpaired) electrons. The maximum Gasteiger partial charge on any atom is 0.203 e. The molecule has 0 amide bonds. The van der Waals surface area contributed by atoms with Crippen LogP contribution in [0.1, 0.15) is 17.4 Å².